The van der Waals surface area contributed by atoms with Gasteiger partial charge < -0.3 is 10.6 Å². The van der Waals surface area contributed by atoms with E-state index in [-0.39, 0.29) is 5.91 Å². The number of thiocarbonyl (C=S) groups is 1. The minimum absolute atomic E-state index is 0.194. The van der Waals surface area contributed by atoms with Crippen LogP contribution < -0.4 is 10.6 Å². The predicted octanol–water partition coefficient (Wildman–Crippen LogP) is 1.57. The molecule has 19 heavy (non-hydrogen) atoms. The summed E-state index contributed by atoms with van der Waals surface area (Å²) in [5.41, 5.74) is 0.616. The normalized spacial score (nSPS) is 11.2. The van der Waals surface area contributed by atoms with E-state index in [0.717, 1.165) is 0 Å². The van der Waals surface area contributed by atoms with E-state index in [1.165, 1.54) is 0 Å². The van der Waals surface area contributed by atoms with Crippen LogP contribution in [0.4, 0.5) is 0 Å². The second-order valence-electron chi connectivity index (χ2n) is 3.76. The van der Waals surface area contributed by atoms with Crippen molar-refractivity contribution in [2.45, 2.75) is 5.92 Å². The maximum absolute atomic E-state index is 12.2. The summed E-state index contributed by atoms with van der Waals surface area (Å²) >= 11 is 5.26. The standard InChI is InChI=1S/C14H17N3OS/c1-3-8-16-13(18)12(14(19)17-9-4-2)11-7-5-6-10-15-11/h3-7,10,12H,1-2,8-9H2,(H,16,18)(H,17,19). The van der Waals surface area contributed by atoms with Crippen molar-refractivity contribution in [2.75, 3.05) is 13.1 Å². The lowest BCUT2D eigenvalue weighted by atomic mass is 10.0. The molecular weight excluding hydrogens is 258 g/mol. The summed E-state index contributed by atoms with van der Waals surface area (Å²) < 4.78 is 0. The fourth-order valence-corrected chi connectivity index (χ4v) is 1.80. The largest absolute Gasteiger partial charge is 0.375 e. The van der Waals surface area contributed by atoms with Gasteiger partial charge in [0.25, 0.3) is 0 Å². The van der Waals surface area contributed by atoms with E-state index < -0.39 is 5.92 Å². The third-order valence-corrected chi connectivity index (χ3v) is 2.73. The molecule has 0 aromatic carbocycles. The smallest absolute Gasteiger partial charge is 0.236 e. The SMILES string of the molecule is C=CCNC(=O)C(C(=S)NCC=C)c1ccccn1. The van der Waals surface area contributed by atoms with Crippen LogP contribution in [0.25, 0.3) is 0 Å². The average Bonchev–Trinajstić information content (AvgIpc) is 2.44. The number of hydrogen-bond acceptors (Lipinski definition) is 3. The van der Waals surface area contributed by atoms with E-state index in [9.17, 15) is 4.79 Å². The van der Waals surface area contributed by atoms with Crippen molar-refractivity contribution in [2.24, 2.45) is 0 Å². The Labute approximate surface area is 118 Å². The van der Waals surface area contributed by atoms with E-state index in [1.807, 2.05) is 6.07 Å². The predicted molar refractivity (Wildman–Crippen MR) is 81.0 cm³/mol. The van der Waals surface area contributed by atoms with Crippen molar-refractivity contribution in [3.8, 4) is 0 Å². The number of carbonyl (C=O) groups is 1. The molecule has 0 fully saturated rings. The van der Waals surface area contributed by atoms with E-state index >= 15 is 0 Å². The average molecular weight is 275 g/mol. The number of rotatable bonds is 7. The lowest BCUT2D eigenvalue weighted by Crippen LogP contribution is -2.39. The zero-order valence-corrected chi connectivity index (χ0v) is 11.5. The van der Waals surface area contributed by atoms with Gasteiger partial charge in [0.1, 0.15) is 5.92 Å². The van der Waals surface area contributed by atoms with Crippen molar-refractivity contribution in [1.82, 2.24) is 15.6 Å². The van der Waals surface area contributed by atoms with Gasteiger partial charge in [0.2, 0.25) is 5.91 Å². The van der Waals surface area contributed by atoms with Gasteiger partial charge in [0.15, 0.2) is 0 Å². The fraction of sp³-hybridized carbons (Fsp3) is 0.214. The molecule has 0 radical (unpaired) electrons. The first-order valence-corrected chi connectivity index (χ1v) is 6.29. The number of amides is 1. The topological polar surface area (TPSA) is 54.0 Å². The number of pyridine rings is 1. The van der Waals surface area contributed by atoms with Crippen molar-refractivity contribution >= 4 is 23.1 Å². The first-order valence-electron chi connectivity index (χ1n) is 5.88. The molecule has 0 aliphatic rings. The summed E-state index contributed by atoms with van der Waals surface area (Å²) in [4.78, 5) is 16.8. The fourth-order valence-electron chi connectivity index (χ4n) is 1.48. The molecule has 4 nitrogen and oxygen atoms in total. The molecule has 1 aromatic rings. The van der Waals surface area contributed by atoms with E-state index in [0.29, 0.717) is 23.8 Å². The van der Waals surface area contributed by atoms with Crippen LogP contribution in [0.15, 0.2) is 49.7 Å². The van der Waals surface area contributed by atoms with Gasteiger partial charge in [-0.1, -0.05) is 30.4 Å². The molecule has 0 bridgehead atoms. The first-order chi connectivity index (χ1) is 9.20. The van der Waals surface area contributed by atoms with Gasteiger partial charge in [0.05, 0.1) is 10.7 Å². The van der Waals surface area contributed by atoms with Crippen molar-refractivity contribution < 1.29 is 4.79 Å². The second-order valence-corrected chi connectivity index (χ2v) is 4.20. The molecule has 0 saturated heterocycles. The van der Waals surface area contributed by atoms with Crippen LogP contribution >= 0.6 is 12.2 Å². The molecule has 0 aliphatic heterocycles. The van der Waals surface area contributed by atoms with E-state index in [4.69, 9.17) is 12.2 Å². The Hall–Kier alpha value is -2.01. The highest BCUT2D eigenvalue weighted by atomic mass is 32.1. The Kier molecular flexibility index (Phi) is 6.46. The Bertz CT molecular complexity index is 435. The maximum Gasteiger partial charge on any atom is 0.236 e. The van der Waals surface area contributed by atoms with Gasteiger partial charge >= 0.3 is 0 Å². The van der Waals surface area contributed by atoms with E-state index in [2.05, 4.69) is 28.8 Å². The summed E-state index contributed by atoms with van der Waals surface area (Å²) in [5, 5.41) is 5.71. The molecule has 1 aromatic heterocycles. The van der Waals surface area contributed by atoms with Crippen LogP contribution in [0.5, 0.6) is 0 Å². The molecule has 2 N–H and O–H groups in total. The lowest BCUT2D eigenvalue weighted by molar-refractivity contribution is -0.120. The van der Waals surface area contributed by atoms with Crippen molar-refractivity contribution in [3.05, 3.63) is 55.4 Å². The Morgan fingerprint density at radius 3 is 2.58 bits per heavy atom. The third kappa shape index (κ3) is 4.63. The zero-order valence-electron chi connectivity index (χ0n) is 10.6. The molecule has 1 rings (SSSR count). The first kappa shape index (κ1) is 15.0. The van der Waals surface area contributed by atoms with Crippen LogP contribution in [0.1, 0.15) is 11.6 Å². The minimum atomic E-state index is -0.601. The number of hydrogen-bond donors (Lipinski definition) is 2. The third-order valence-electron chi connectivity index (χ3n) is 2.35. The van der Waals surface area contributed by atoms with Gasteiger partial charge in [-0.2, -0.15) is 0 Å². The number of nitrogens with one attached hydrogen (secondary N) is 2. The highest BCUT2D eigenvalue weighted by Crippen LogP contribution is 2.14. The van der Waals surface area contributed by atoms with Crippen molar-refractivity contribution in [1.29, 1.82) is 0 Å². The zero-order chi connectivity index (χ0) is 14.1. The van der Waals surface area contributed by atoms with Gasteiger partial charge in [-0.15, -0.1) is 13.2 Å². The molecule has 1 amide bonds. The molecule has 1 atom stereocenters. The summed E-state index contributed by atoms with van der Waals surface area (Å²) in [7, 11) is 0. The van der Waals surface area contributed by atoms with E-state index in [1.54, 1.807) is 30.5 Å². The summed E-state index contributed by atoms with van der Waals surface area (Å²) in [6, 6.07) is 5.40. The number of aromatic nitrogens is 1. The van der Waals surface area contributed by atoms with Crippen molar-refractivity contribution in [3.63, 3.8) is 0 Å². The molecule has 0 saturated carbocycles. The molecule has 5 heteroatoms. The Morgan fingerprint density at radius 1 is 1.32 bits per heavy atom. The maximum atomic E-state index is 12.2. The van der Waals surface area contributed by atoms with Gasteiger partial charge in [-0.25, -0.2) is 0 Å². The van der Waals surface area contributed by atoms with Gasteiger partial charge in [0, 0.05) is 19.3 Å². The van der Waals surface area contributed by atoms with Crippen LogP contribution in [0, 0.1) is 0 Å². The molecule has 1 heterocycles. The number of carbonyl (C=O) groups excluding carboxylic acids is 1. The van der Waals surface area contributed by atoms with Crippen LogP contribution in [0.2, 0.25) is 0 Å². The lowest BCUT2D eigenvalue weighted by Gasteiger charge is -2.17. The van der Waals surface area contributed by atoms with Gasteiger partial charge in [-0.05, 0) is 12.1 Å². The van der Waals surface area contributed by atoms with Crippen LogP contribution in [0.3, 0.4) is 0 Å². The highest BCUT2D eigenvalue weighted by molar-refractivity contribution is 7.80. The summed E-state index contributed by atoms with van der Waals surface area (Å²) in [6.45, 7) is 8.08. The van der Waals surface area contributed by atoms with Crippen LogP contribution in [-0.4, -0.2) is 29.0 Å². The second kappa shape index (κ2) is 8.16. The highest BCUT2D eigenvalue weighted by Gasteiger charge is 2.25. The Morgan fingerprint density at radius 2 is 2.00 bits per heavy atom. The number of nitrogens with zero attached hydrogens (tertiary/aromatic N) is 1. The quantitative estimate of drug-likeness (QED) is 0.586. The minimum Gasteiger partial charge on any atom is -0.375 e. The molecule has 0 aliphatic carbocycles. The van der Waals surface area contributed by atoms with Crippen LogP contribution in [-0.2, 0) is 4.79 Å². The summed E-state index contributed by atoms with van der Waals surface area (Å²) in [5.74, 6) is -0.795. The molecule has 1 unspecified atom stereocenters. The van der Waals surface area contributed by atoms with Gasteiger partial charge in [-0.3, -0.25) is 9.78 Å². The molecule has 0 spiro atoms. The molecular formula is C14H17N3OS. The monoisotopic (exact) mass is 275 g/mol. The Balaban J connectivity index is 2.90. The summed E-state index contributed by atoms with van der Waals surface area (Å²) in [6.07, 6.45) is 4.94. The molecule has 100 valence electrons.